The van der Waals surface area contributed by atoms with E-state index < -0.39 is 0 Å². The van der Waals surface area contributed by atoms with Gasteiger partial charge in [0.15, 0.2) is 0 Å². The minimum absolute atomic E-state index is 0.864. The van der Waals surface area contributed by atoms with Crippen LogP contribution in [0.25, 0.3) is 0 Å². The molecule has 1 aromatic rings. The van der Waals surface area contributed by atoms with Gasteiger partial charge in [0.2, 0.25) is 0 Å². The molecule has 1 saturated heterocycles. The molecule has 1 aliphatic heterocycles. The summed E-state index contributed by atoms with van der Waals surface area (Å²) in [7, 11) is 2.28. The maximum absolute atomic E-state index is 3.45. The first-order valence-corrected chi connectivity index (χ1v) is 7.80. The lowest BCUT2D eigenvalue weighted by Gasteiger charge is -2.28. The van der Waals surface area contributed by atoms with E-state index in [0.29, 0.717) is 0 Å². The number of rotatable bonds is 5. The minimum Gasteiger partial charge on any atom is -0.317 e. The van der Waals surface area contributed by atoms with E-state index in [1.54, 1.807) is 11.1 Å². The van der Waals surface area contributed by atoms with Gasteiger partial charge in [-0.2, -0.15) is 0 Å². The van der Waals surface area contributed by atoms with Crippen molar-refractivity contribution in [2.75, 3.05) is 26.7 Å². The Morgan fingerprint density at radius 2 is 1.84 bits per heavy atom. The van der Waals surface area contributed by atoms with E-state index in [0.717, 1.165) is 18.4 Å². The largest absolute Gasteiger partial charge is 0.317 e. The average Bonchev–Trinajstić information content (AvgIpc) is 3.25. The zero-order chi connectivity index (χ0) is 13.1. The van der Waals surface area contributed by atoms with Crippen LogP contribution in [0.1, 0.15) is 42.7 Å². The SMILES string of the molecule is CN(Cc1ccccc1C1CC1)CC1CCNCC1. The molecular formula is C17H26N2. The highest BCUT2D eigenvalue weighted by Gasteiger charge is 2.26. The predicted octanol–water partition coefficient (Wildman–Crippen LogP) is 3.00. The van der Waals surface area contributed by atoms with Crippen LogP contribution < -0.4 is 5.32 Å². The van der Waals surface area contributed by atoms with Gasteiger partial charge >= 0.3 is 0 Å². The summed E-state index contributed by atoms with van der Waals surface area (Å²) in [5, 5.41) is 3.45. The van der Waals surface area contributed by atoms with Gasteiger partial charge in [-0.05, 0) is 68.8 Å². The van der Waals surface area contributed by atoms with Crippen LogP contribution in [0.15, 0.2) is 24.3 Å². The summed E-state index contributed by atoms with van der Waals surface area (Å²) in [6.45, 7) is 4.78. The van der Waals surface area contributed by atoms with Gasteiger partial charge in [-0.25, -0.2) is 0 Å². The Labute approximate surface area is 117 Å². The molecule has 1 heterocycles. The molecule has 0 unspecified atom stereocenters. The molecule has 0 aromatic heterocycles. The molecule has 0 radical (unpaired) electrons. The van der Waals surface area contributed by atoms with Gasteiger partial charge in [0, 0.05) is 13.1 Å². The minimum atomic E-state index is 0.864. The van der Waals surface area contributed by atoms with E-state index in [-0.39, 0.29) is 0 Å². The third-order valence-electron chi connectivity index (χ3n) is 4.54. The molecule has 0 atom stereocenters. The summed E-state index contributed by atoms with van der Waals surface area (Å²) >= 11 is 0. The van der Waals surface area contributed by atoms with Crippen LogP contribution in [0, 0.1) is 5.92 Å². The standard InChI is InChI=1S/C17H26N2/c1-19(12-14-8-10-18-11-9-14)13-16-4-2-3-5-17(16)15-6-7-15/h2-5,14-15,18H,6-13H2,1H3. The second-order valence-electron chi connectivity index (χ2n) is 6.36. The van der Waals surface area contributed by atoms with Crippen LogP contribution in [0.4, 0.5) is 0 Å². The number of nitrogens with zero attached hydrogens (tertiary/aromatic N) is 1. The van der Waals surface area contributed by atoms with Crippen molar-refractivity contribution in [1.29, 1.82) is 0 Å². The normalized spacial score (nSPS) is 20.9. The molecule has 1 aliphatic carbocycles. The molecule has 0 bridgehead atoms. The van der Waals surface area contributed by atoms with Crippen molar-refractivity contribution in [1.82, 2.24) is 10.2 Å². The molecule has 3 rings (SSSR count). The van der Waals surface area contributed by atoms with Crippen LogP contribution in [0.2, 0.25) is 0 Å². The molecule has 2 heteroatoms. The number of benzene rings is 1. The second-order valence-corrected chi connectivity index (χ2v) is 6.36. The van der Waals surface area contributed by atoms with Gasteiger partial charge in [0.25, 0.3) is 0 Å². The van der Waals surface area contributed by atoms with E-state index in [9.17, 15) is 0 Å². The number of hydrogen-bond acceptors (Lipinski definition) is 2. The van der Waals surface area contributed by atoms with Gasteiger partial charge in [-0.15, -0.1) is 0 Å². The third kappa shape index (κ3) is 3.58. The Hall–Kier alpha value is -0.860. The van der Waals surface area contributed by atoms with Gasteiger partial charge in [0.1, 0.15) is 0 Å². The highest BCUT2D eigenvalue weighted by molar-refractivity contribution is 5.33. The monoisotopic (exact) mass is 258 g/mol. The quantitative estimate of drug-likeness (QED) is 0.873. The van der Waals surface area contributed by atoms with Crippen molar-refractivity contribution in [2.45, 2.75) is 38.1 Å². The fourth-order valence-corrected chi connectivity index (χ4v) is 3.33. The fraction of sp³-hybridized carbons (Fsp3) is 0.647. The first-order valence-electron chi connectivity index (χ1n) is 7.80. The highest BCUT2D eigenvalue weighted by atomic mass is 15.1. The maximum atomic E-state index is 3.45. The van der Waals surface area contributed by atoms with Crippen molar-refractivity contribution in [3.63, 3.8) is 0 Å². The Balaban J connectivity index is 1.57. The highest BCUT2D eigenvalue weighted by Crippen LogP contribution is 2.41. The summed E-state index contributed by atoms with van der Waals surface area (Å²) < 4.78 is 0. The molecule has 19 heavy (non-hydrogen) atoms. The third-order valence-corrected chi connectivity index (χ3v) is 4.54. The van der Waals surface area contributed by atoms with Crippen LogP contribution in [0.3, 0.4) is 0 Å². The topological polar surface area (TPSA) is 15.3 Å². The summed E-state index contributed by atoms with van der Waals surface area (Å²) in [6.07, 6.45) is 5.48. The van der Waals surface area contributed by atoms with E-state index in [1.807, 2.05) is 0 Å². The Bertz CT molecular complexity index is 405. The lowest BCUT2D eigenvalue weighted by Crippen LogP contribution is -2.34. The van der Waals surface area contributed by atoms with Crippen molar-refractivity contribution in [3.8, 4) is 0 Å². The molecule has 104 valence electrons. The van der Waals surface area contributed by atoms with E-state index >= 15 is 0 Å². The zero-order valence-corrected chi connectivity index (χ0v) is 12.1. The van der Waals surface area contributed by atoms with Gasteiger partial charge in [-0.1, -0.05) is 24.3 Å². The lowest BCUT2D eigenvalue weighted by molar-refractivity contribution is 0.234. The summed E-state index contributed by atoms with van der Waals surface area (Å²) in [4.78, 5) is 2.52. The summed E-state index contributed by atoms with van der Waals surface area (Å²) in [6, 6.07) is 9.06. The van der Waals surface area contributed by atoms with E-state index in [2.05, 4.69) is 41.5 Å². The molecular weight excluding hydrogens is 232 g/mol. The van der Waals surface area contributed by atoms with Crippen LogP contribution in [-0.4, -0.2) is 31.6 Å². The van der Waals surface area contributed by atoms with Gasteiger partial charge in [0.05, 0.1) is 0 Å². The van der Waals surface area contributed by atoms with Crippen LogP contribution in [0.5, 0.6) is 0 Å². The lowest BCUT2D eigenvalue weighted by atomic mass is 9.97. The van der Waals surface area contributed by atoms with Gasteiger partial charge < -0.3 is 10.2 Å². The molecule has 0 amide bonds. The Morgan fingerprint density at radius 3 is 2.58 bits per heavy atom. The van der Waals surface area contributed by atoms with Crippen molar-refractivity contribution < 1.29 is 0 Å². The van der Waals surface area contributed by atoms with E-state index in [4.69, 9.17) is 0 Å². The number of nitrogens with one attached hydrogen (secondary N) is 1. The maximum Gasteiger partial charge on any atom is 0.0233 e. The molecule has 2 fully saturated rings. The fourth-order valence-electron chi connectivity index (χ4n) is 3.33. The first-order chi connectivity index (χ1) is 9.33. The van der Waals surface area contributed by atoms with Crippen molar-refractivity contribution in [3.05, 3.63) is 35.4 Å². The number of hydrogen-bond donors (Lipinski definition) is 1. The Kier molecular flexibility index (Phi) is 4.19. The van der Waals surface area contributed by atoms with Crippen molar-refractivity contribution in [2.24, 2.45) is 5.92 Å². The smallest absolute Gasteiger partial charge is 0.0233 e. The molecule has 1 N–H and O–H groups in total. The van der Waals surface area contributed by atoms with Crippen LogP contribution >= 0.6 is 0 Å². The van der Waals surface area contributed by atoms with Crippen LogP contribution in [-0.2, 0) is 6.54 Å². The first kappa shape index (κ1) is 13.1. The molecule has 1 saturated carbocycles. The Morgan fingerprint density at radius 1 is 1.11 bits per heavy atom. The predicted molar refractivity (Wildman–Crippen MR) is 80.3 cm³/mol. The number of piperidine rings is 1. The molecule has 0 spiro atoms. The zero-order valence-electron chi connectivity index (χ0n) is 12.1. The molecule has 2 aliphatic rings. The second kappa shape index (κ2) is 6.06. The summed E-state index contributed by atoms with van der Waals surface area (Å²) in [5.41, 5.74) is 3.17. The average molecular weight is 258 g/mol. The van der Waals surface area contributed by atoms with Gasteiger partial charge in [-0.3, -0.25) is 0 Å². The van der Waals surface area contributed by atoms with Crippen molar-refractivity contribution >= 4 is 0 Å². The summed E-state index contributed by atoms with van der Waals surface area (Å²) in [5.74, 6) is 1.75. The molecule has 1 aromatic carbocycles. The molecule has 2 nitrogen and oxygen atoms in total. The van der Waals surface area contributed by atoms with E-state index in [1.165, 1.54) is 45.3 Å².